The molecule has 0 spiro atoms. The molecule has 2 unspecified atom stereocenters. The van der Waals surface area contributed by atoms with Gasteiger partial charge in [-0.15, -0.1) is 0 Å². The number of rotatable bonds is 2. The van der Waals surface area contributed by atoms with E-state index in [1.165, 1.54) is 32.2 Å². The Labute approximate surface area is 80.2 Å². The molecule has 0 radical (unpaired) electrons. The molecule has 1 saturated carbocycles. The van der Waals surface area contributed by atoms with Gasteiger partial charge in [-0.3, -0.25) is 4.90 Å². The van der Waals surface area contributed by atoms with Crippen molar-refractivity contribution in [3.05, 3.63) is 0 Å². The lowest BCUT2D eigenvalue weighted by molar-refractivity contribution is 0.0340. The molecule has 3 nitrogen and oxygen atoms in total. The highest BCUT2D eigenvalue weighted by atomic mass is 16.5. The molecule has 1 aliphatic heterocycles. The van der Waals surface area contributed by atoms with E-state index in [0.29, 0.717) is 12.1 Å². The van der Waals surface area contributed by atoms with Crippen LogP contribution >= 0.6 is 0 Å². The lowest BCUT2D eigenvalue weighted by Crippen LogP contribution is -2.42. The van der Waals surface area contributed by atoms with Gasteiger partial charge in [0.2, 0.25) is 0 Å². The number of ether oxygens (including phenoxy) is 1. The minimum absolute atomic E-state index is 0.508. The van der Waals surface area contributed by atoms with Crippen molar-refractivity contribution in [1.82, 2.24) is 4.90 Å². The van der Waals surface area contributed by atoms with Crippen LogP contribution in [-0.4, -0.2) is 43.3 Å². The summed E-state index contributed by atoms with van der Waals surface area (Å²) in [5.41, 5.74) is 5.61. The van der Waals surface area contributed by atoms with Crippen molar-refractivity contribution >= 4 is 0 Å². The molecule has 0 aromatic carbocycles. The predicted octanol–water partition coefficient (Wildman–Crippen LogP) is 0.588. The van der Waals surface area contributed by atoms with Gasteiger partial charge in [0.1, 0.15) is 0 Å². The molecule has 1 saturated heterocycles. The van der Waals surface area contributed by atoms with Crippen LogP contribution in [0.2, 0.25) is 0 Å². The molecule has 2 atom stereocenters. The Balaban J connectivity index is 1.98. The molecule has 1 aliphatic carbocycles. The molecular formula is C10H20N2O. The Hall–Kier alpha value is -0.120. The van der Waals surface area contributed by atoms with Crippen molar-refractivity contribution in [1.29, 1.82) is 0 Å². The molecule has 2 N–H and O–H groups in total. The van der Waals surface area contributed by atoms with Gasteiger partial charge in [-0.05, 0) is 25.7 Å². The summed E-state index contributed by atoms with van der Waals surface area (Å²) in [6.45, 7) is 3.95. The average molecular weight is 184 g/mol. The fourth-order valence-corrected chi connectivity index (χ4v) is 2.63. The SMILES string of the molecule is NCCN1CCCOC2CCCC21. The van der Waals surface area contributed by atoms with Crippen LogP contribution < -0.4 is 5.73 Å². The van der Waals surface area contributed by atoms with Gasteiger partial charge in [0.05, 0.1) is 6.10 Å². The molecule has 3 heteroatoms. The van der Waals surface area contributed by atoms with E-state index < -0.39 is 0 Å². The van der Waals surface area contributed by atoms with Gasteiger partial charge in [-0.2, -0.15) is 0 Å². The second-order valence-corrected chi connectivity index (χ2v) is 4.09. The Morgan fingerprint density at radius 3 is 3.08 bits per heavy atom. The van der Waals surface area contributed by atoms with E-state index in [-0.39, 0.29) is 0 Å². The van der Waals surface area contributed by atoms with Crippen LogP contribution in [0.1, 0.15) is 25.7 Å². The largest absolute Gasteiger partial charge is 0.377 e. The molecule has 2 aliphatic rings. The molecule has 76 valence electrons. The number of hydrogen-bond acceptors (Lipinski definition) is 3. The third-order valence-electron chi connectivity index (χ3n) is 3.22. The summed E-state index contributed by atoms with van der Waals surface area (Å²) in [5.74, 6) is 0. The van der Waals surface area contributed by atoms with Crippen LogP contribution in [-0.2, 0) is 4.74 Å². The lowest BCUT2D eigenvalue weighted by Gasteiger charge is -2.29. The average Bonchev–Trinajstić information content (AvgIpc) is 2.52. The number of nitrogens with two attached hydrogens (primary N) is 1. The van der Waals surface area contributed by atoms with E-state index in [1.807, 2.05) is 0 Å². The predicted molar refractivity (Wildman–Crippen MR) is 52.6 cm³/mol. The van der Waals surface area contributed by atoms with Crippen molar-refractivity contribution < 1.29 is 4.74 Å². The maximum atomic E-state index is 5.82. The van der Waals surface area contributed by atoms with Gasteiger partial charge in [0.25, 0.3) is 0 Å². The van der Waals surface area contributed by atoms with Crippen LogP contribution in [0.15, 0.2) is 0 Å². The van der Waals surface area contributed by atoms with E-state index >= 15 is 0 Å². The lowest BCUT2D eigenvalue weighted by atomic mass is 10.2. The summed E-state index contributed by atoms with van der Waals surface area (Å²) in [6, 6.07) is 0.672. The maximum Gasteiger partial charge on any atom is 0.0730 e. The summed E-state index contributed by atoms with van der Waals surface area (Å²) in [5, 5.41) is 0. The normalized spacial score (nSPS) is 35.8. The standard InChI is InChI=1S/C10H20N2O/c11-5-7-12-6-2-8-13-10-4-1-3-9(10)12/h9-10H,1-8,11H2. The van der Waals surface area contributed by atoms with Gasteiger partial charge in [-0.1, -0.05) is 0 Å². The number of fused-ring (bicyclic) bond motifs is 1. The molecule has 13 heavy (non-hydrogen) atoms. The van der Waals surface area contributed by atoms with Crippen molar-refractivity contribution in [2.45, 2.75) is 37.8 Å². The minimum atomic E-state index is 0.508. The van der Waals surface area contributed by atoms with Gasteiger partial charge < -0.3 is 10.5 Å². The van der Waals surface area contributed by atoms with Gasteiger partial charge in [0.15, 0.2) is 0 Å². The third kappa shape index (κ3) is 2.03. The Morgan fingerprint density at radius 1 is 1.31 bits per heavy atom. The Bertz CT molecular complexity index is 163. The Kier molecular flexibility index (Phi) is 3.19. The smallest absolute Gasteiger partial charge is 0.0730 e. The van der Waals surface area contributed by atoms with Crippen molar-refractivity contribution in [3.63, 3.8) is 0 Å². The van der Waals surface area contributed by atoms with E-state index in [1.54, 1.807) is 0 Å². The van der Waals surface area contributed by atoms with Crippen molar-refractivity contribution in [2.24, 2.45) is 5.73 Å². The van der Waals surface area contributed by atoms with E-state index in [0.717, 1.165) is 19.7 Å². The third-order valence-corrected chi connectivity index (χ3v) is 3.22. The quantitative estimate of drug-likeness (QED) is 0.682. The molecular weight excluding hydrogens is 164 g/mol. The Morgan fingerprint density at radius 2 is 2.23 bits per heavy atom. The van der Waals surface area contributed by atoms with Crippen LogP contribution in [0.4, 0.5) is 0 Å². The van der Waals surface area contributed by atoms with Crippen LogP contribution in [0.25, 0.3) is 0 Å². The summed E-state index contributed by atoms with van der Waals surface area (Å²) in [7, 11) is 0. The van der Waals surface area contributed by atoms with Gasteiger partial charge in [0, 0.05) is 32.3 Å². The summed E-state index contributed by atoms with van der Waals surface area (Å²) >= 11 is 0. The van der Waals surface area contributed by atoms with Crippen LogP contribution in [0.5, 0.6) is 0 Å². The maximum absolute atomic E-state index is 5.82. The van der Waals surface area contributed by atoms with Gasteiger partial charge in [-0.25, -0.2) is 0 Å². The second-order valence-electron chi connectivity index (χ2n) is 4.09. The zero-order valence-corrected chi connectivity index (χ0v) is 8.24. The van der Waals surface area contributed by atoms with E-state index in [2.05, 4.69) is 4.90 Å². The number of hydrogen-bond donors (Lipinski definition) is 1. The first-order valence-electron chi connectivity index (χ1n) is 5.47. The van der Waals surface area contributed by atoms with E-state index in [4.69, 9.17) is 10.5 Å². The zero-order chi connectivity index (χ0) is 9.10. The van der Waals surface area contributed by atoms with Gasteiger partial charge >= 0.3 is 0 Å². The highest BCUT2D eigenvalue weighted by Gasteiger charge is 2.33. The molecule has 1 heterocycles. The number of nitrogens with zero attached hydrogens (tertiary/aromatic N) is 1. The molecule has 0 bridgehead atoms. The molecule has 2 fully saturated rings. The second kappa shape index (κ2) is 4.40. The minimum Gasteiger partial charge on any atom is -0.377 e. The summed E-state index contributed by atoms with van der Waals surface area (Å²) in [4.78, 5) is 2.53. The fraction of sp³-hybridized carbons (Fsp3) is 1.00. The van der Waals surface area contributed by atoms with Crippen molar-refractivity contribution in [2.75, 3.05) is 26.2 Å². The first-order chi connectivity index (χ1) is 6.42. The summed E-state index contributed by atoms with van der Waals surface area (Å²) < 4.78 is 5.82. The van der Waals surface area contributed by atoms with Crippen LogP contribution in [0, 0.1) is 0 Å². The first kappa shape index (κ1) is 9.44. The molecule has 2 rings (SSSR count). The topological polar surface area (TPSA) is 38.5 Å². The highest BCUT2D eigenvalue weighted by molar-refractivity contribution is 4.88. The molecule has 0 aromatic rings. The highest BCUT2D eigenvalue weighted by Crippen LogP contribution is 2.28. The monoisotopic (exact) mass is 184 g/mol. The zero-order valence-electron chi connectivity index (χ0n) is 8.24. The molecule has 0 amide bonds. The van der Waals surface area contributed by atoms with Crippen LogP contribution in [0.3, 0.4) is 0 Å². The first-order valence-corrected chi connectivity index (χ1v) is 5.47. The van der Waals surface area contributed by atoms with E-state index in [9.17, 15) is 0 Å². The van der Waals surface area contributed by atoms with Crippen molar-refractivity contribution in [3.8, 4) is 0 Å². The summed E-state index contributed by atoms with van der Waals surface area (Å²) in [6.07, 6.45) is 5.58. The molecule has 0 aromatic heterocycles. The fourth-order valence-electron chi connectivity index (χ4n) is 2.63.